The second-order valence-corrected chi connectivity index (χ2v) is 6.61. The minimum absolute atomic E-state index is 0.447. The highest BCUT2D eigenvalue weighted by atomic mass is 15.2. The molecule has 3 N–H and O–H groups in total. The van der Waals surface area contributed by atoms with Crippen LogP contribution in [0.15, 0.2) is 18.3 Å². The van der Waals surface area contributed by atoms with Crippen molar-refractivity contribution in [2.45, 2.75) is 40.2 Å². The van der Waals surface area contributed by atoms with E-state index in [1.165, 1.54) is 31.5 Å². The maximum absolute atomic E-state index is 5.32. The van der Waals surface area contributed by atoms with Crippen LogP contribution in [-0.2, 0) is 6.54 Å². The van der Waals surface area contributed by atoms with Crippen LogP contribution in [0.25, 0.3) is 0 Å². The predicted molar refractivity (Wildman–Crippen MR) is 79.5 cm³/mol. The predicted octanol–water partition coefficient (Wildman–Crippen LogP) is 2.63. The SMILES string of the molecule is CC(C)(C)C1CCN(Cc2ccc(NN)nc2)CC1. The van der Waals surface area contributed by atoms with E-state index in [4.69, 9.17) is 5.84 Å². The van der Waals surface area contributed by atoms with Crippen LogP contribution in [0.4, 0.5) is 5.82 Å². The summed E-state index contributed by atoms with van der Waals surface area (Å²) in [4.78, 5) is 6.78. The molecule has 0 atom stereocenters. The summed E-state index contributed by atoms with van der Waals surface area (Å²) in [6.45, 7) is 10.5. The Kier molecular flexibility index (Phi) is 4.42. The molecule has 0 aliphatic carbocycles. The number of pyridine rings is 1. The second kappa shape index (κ2) is 5.88. The molecule has 19 heavy (non-hydrogen) atoms. The number of nitrogens with two attached hydrogens (primary N) is 1. The van der Waals surface area contributed by atoms with Gasteiger partial charge >= 0.3 is 0 Å². The molecular weight excluding hydrogens is 236 g/mol. The molecule has 0 spiro atoms. The van der Waals surface area contributed by atoms with Gasteiger partial charge < -0.3 is 5.43 Å². The van der Waals surface area contributed by atoms with Gasteiger partial charge in [-0.1, -0.05) is 26.8 Å². The van der Waals surface area contributed by atoms with Gasteiger partial charge in [-0.25, -0.2) is 10.8 Å². The molecule has 0 saturated carbocycles. The Balaban J connectivity index is 1.85. The number of nitrogen functional groups attached to an aromatic ring is 1. The van der Waals surface area contributed by atoms with Crippen LogP contribution in [0.2, 0.25) is 0 Å². The van der Waals surface area contributed by atoms with Crippen molar-refractivity contribution < 1.29 is 0 Å². The first-order chi connectivity index (χ1) is 8.99. The topological polar surface area (TPSA) is 54.2 Å². The summed E-state index contributed by atoms with van der Waals surface area (Å²) >= 11 is 0. The highest BCUT2D eigenvalue weighted by Crippen LogP contribution is 2.34. The lowest BCUT2D eigenvalue weighted by Crippen LogP contribution is -2.37. The number of nitrogens with zero attached hydrogens (tertiary/aromatic N) is 2. The van der Waals surface area contributed by atoms with Gasteiger partial charge in [-0.15, -0.1) is 0 Å². The minimum atomic E-state index is 0.447. The van der Waals surface area contributed by atoms with Crippen molar-refractivity contribution >= 4 is 5.82 Å². The van der Waals surface area contributed by atoms with Gasteiger partial charge in [-0.2, -0.15) is 0 Å². The summed E-state index contributed by atoms with van der Waals surface area (Å²) < 4.78 is 0. The van der Waals surface area contributed by atoms with Gasteiger partial charge in [0.25, 0.3) is 0 Å². The van der Waals surface area contributed by atoms with E-state index in [1.54, 1.807) is 0 Å². The van der Waals surface area contributed by atoms with Crippen LogP contribution in [0.1, 0.15) is 39.2 Å². The number of hydrogen-bond acceptors (Lipinski definition) is 4. The summed E-state index contributed by atoms with van der Waals surface area (Å²) in [5, 5.41) is 0. The summed E-state index contributed by atoms with van der Waals surface area (Å²) in [7, 11) is 0. The van der Waals surface area contributed by atoms with Crippen LogP contribution < -0.4 is 11.3 Å². The Bertz CT molecular complexity index is 386. The molecule has 0 unspecified atom stereocenters. The molecule has 1 fully saturated rings. The fourth-order valence-corrected chi connectivity index (χ4v) is 2.82. The monoisotopic (exact) mass is 262 g/mol. The van der Waals surface area contributed by atoms with Crippen molar-refractivity contribution in [1.82, 2.24) is 9.88 Å². The lowest BCUT2D eigenvalue weighted by Gasteiger charge is -2.38. The zero-order valence-electron chi connectivity index (χ0n) is 12.3. The van der Waals surface area contributed by atoms with Crippen molar-refractivity contribution in [3.63, 3.8) is 0 Å². The molecule has 1 aliphatic heterocycles. The maximum atomic E-state index is 5.32. The van der Waals surface area contributed by atoms with Crippen molar-refractivity contribution in [2.75, 3.05) is 18.5 Å². The van der Waals surface area contributed by atoms with E-state index in [0.717, 1.165) is 18.3 Å². The third-order valence-electron chi connectivity index (χ3n) is 4.19. The molecule has 1 saturated heterocycles. The summed E-state index contributed by atoms with van der Waals surface area (Å²) in [5.41, 5.74) is 4.26. The Labute approximate surface area is 116 Å². The number of piperidine rings is 1. The van der Waals surface area contributed by atoms with Gasteiger partial charge in [0.2, 0.25) is 0 Å². The van der Waals surface area contributed by atoms with Crippen LogP contribution in [0, 0.1) is 11.3 Å². The third-order valence-corrected chi connectivity index (χ3v) is 4.19. The number of nitrogens with one attached hydrogen (secondary N) is 1. The van der Waals surface area contributed by atoms with Crippen LogP contribution in [0.3, 0.4) is 0 Å². The summed E-state index contributed by atoms with van der Waals surface area (Å²) in [6, 6.07) is 4.02. The summed E-state index contributed by atoms with van der Waals surface area (Å²) in [6.07, 6.45) is 4.52. The van der Waals surface area contributed by atoms with Gasteiger partial charge in [-0.3, -0.25) is 4.90 Å². The Morgan fingerprint density at radius 2 is 2.00 bits per heavy atom. The van der Waals surface area contributed by atoms with E-state index >= 15 is 0 Å². The second-order valence-electron chi connectivity index (χ2n) is 6.61. The molecular formula is C15H26N4. The number of hydrazine groups is 1. The van der Waals surface area contributed by atoms with E-state index in [0.29, 0.717) is 5.41 Å². The van der Waals surface area contributed by atoms with Crippen LogP contribution in [0.5, 0.6) is 0 Å². The molecule has 4 heteroatoms. The van der Waals surface area contributed by atoms with Gasteiger partial charge in [-0.05, 0) is 48.9 Å². The zero-order valence-corrected chi connectivity index (χ0v) is 12.3. The van der Waals surface area contributed by atoms with Crippen molar-refractivity contribution in [3.05, 3.63) is 23.9 Å². The molecule has 4 nitrogen and oxygen atoms in total. The first-order valence-corrected chi connectivity index (χ1v) is 7.13. The highest BCUT2D eigenvalue weighted by Gasteiger charge is 2.28. The van der Waals surface area contributed by atoms with Crippen molar-refractivity contribution in [1.29, 1.82) is 0 Å². The van der Waals surface area contributed by atoms with E-state index in [9.17, 15) is 0 Å². The average Bonchev–Trinajstić information content (AvgIpc) is 2.39. The largest absolute Gasteiger partial charge is 0.308 e. The number of likely N-dealkylation sites (tertiary alicyclic amines) is 1. The lowest BCUT2D eigenvalue weighted by molar-refractivity contribution is 0.108. The molecule has 106 valence electrons. The molecule has 0 radical (unpaired) electrons. The first kappa shape index (κ1) is 14.3. The van der Waals surface area contributed by atoms with Crippen molar-refractivity contribution in [2.24, 2.45) is 17.2 Å². The quantitative estimate of drug-likeness (QED) is 0.649. The third kappa shape index (κ3) is 3.91. The average molecular weight is 262 g/mol. The number of hydrogen-bond donors (Lipinski definition) is 2. The van der Waals surface area contributed by atoms with Crippen LogP contribution >= 0.6 is 0 Å². The Morgan fingerprint density at radius 1 is 1.32 bits per heavy atom. The molecule has 2 rings (SSSR count). The maximum Gasteiger partial charge on any atom is 0.139 e. The van der Waals surface area contributed by atoms with E-state index in [-0.39, 0.29) is 0 Å². The number of anilines is 1. The molecule has 0 bridgehead atoms. The van der Waals surface area contributed by atoms with Gasteiger partial charge in [0.15, 0.2) is 0 Å². The standard InChI is InChI=1S/C15H26N4/c1-15(2,3)13-6-8-19(9-7-13)11-12-4-5-14(18-16)17-10-12/h4-5,10,13H,6-9,11,16H2,1-3H3,(H,17,18). The number of rotatable bonds is 3. The number of aromatic nitrogens is 1. The highest BCUT2D eigenvalue weighted by molar-refractivity contribution is 5.33. The molecule has 2 heterocycles. The minimum Gasteiger partial charge on any atom is -0.308 e. The Morgan fingerprint density at radius 3 is 2.47 bits per heavy atom. The molecule has 0 aromatic carbocycles. The van der Waals surface area contributed by atoms with Crippen molar-refractivity contribution in [3.8, 4) is 0 Å². The normalized spacial score (nSPS) is 18.5. The molecule has 1 aromatic heterocycles. The van der Waals surface area contributed by atoms with Gasteiger partial charge in [0.1, 0.15) is 5.82 Å². The molecule has 1 aromatic rings. The van der Waals surface area contributed by atoms with Gasteiger partial charge in [0.05, 0.1) is 0 Å². The first-order valence-electron chi connectivity index (χ1n) is 7.13. The zero-order chi connectivity index (χ0) is 13.9. The lowest BCUT2D eigenvalue weighted by atomic mass is 9.75. The van der Waals surface area contributed by atoms with E-state index in [2.05, 4.69) is 42.1 Å². The van der Waals surface area contributed by atoms with E-state index in [1.807, 2.05) is 12.3 Å². The van der Waals surface area contributed by atoms with Crippen LogP contribution in [-0.4, -0.2) is 23.0 Å². The fraction of sp³-hybridized carbons (Fsp3) is 0.667. The van der Waals surface area contributed by atoms with E-state index < -0.39 is 0 Å². The fourth-order valence-electron chi connectivity index (χ4n) is 2.82. The molecule has 1 aliphatic rings. The Hall–Kier alpha value is -1.13. The summed E-state index contributed by atoms with van der Waals surface area (Å²) in [5.74, 6) is 6.89. The van der Waals surface area contributed by atoms with Gasteiger partial charge in [0, 0.05) is 12.7 Å². The smallest absolute Gasteiger partial charge is 0.139 e. The molecule has 0 amide bonds.